The van der Waals surface area contributed by atoms with Gasteiger partial charge in [0.1, 0.15) is 5.76 Å². The molecule has 0 unspecified atom stereocenters. The summed E-state index contributed by atoms with van der Waals surface area (Å²) in [4.78, 5) is 11.9. The molecule has 0 radical (unpaired) electrons. The number of esters is 1. The van der Waals surface area contributed by atoms with Crippen molar-refractivity contribution in [2.45, 2.75) is 0 Å². The minimum absolute atomic E-state index is 0.280. The zero-order chi connectivity index (χ0) is 14.2. The molecular weight excluding hydrogens is 260 g/mol. The molecule has 0 saturated heterocycles. The Balaban J connectivity index is 1.91. The van der Waals surface area contributed by atoms with Crippen molar-refractivity contribution in [1.82, 2.24) is 0 Å². The second-order valence-corrected chi connectivity index (χ2v) is 5.01. The highest BCUT2D eigenvalue weighted by Crippen LogP contribution is 2.32. The van der Waals surface area contributed by atoms with Gasteiger partial charge in [-0.25, -0.2) is 4.79 Å². The molecule has 0 N–H and O–H groups in total. The van der Waals surface area contributed by atoms with E-state index in [-0.39, 0.29) is 5.97 Å². The van der Waals surface area contributed by atoms with E-state index in [4.69, 9.17) is 4.74 Å². The van der Waals surface area contributed by atoms with Crippen LogP contribution in [0.1, 0.15) is 21.5 Å². The van der Waals surface area contributed by atoms with Crippen molar-refractivity contribution >= 4 is 28.6 Å². The quantitative estimate of drug-likeness (QED) is 0.609. The van der Waals surface area contributed by atoms with Crippen LogP contribution in [0.5, 0.6) is 0 Å². The Hall–Kier alpha value is -2.87. The normalized spacial score (nSPS) is 15.2. The largest absolute Gasteiger partial charge is 0.422 e. The van der Waals surface area contributed by atoms with Gasteiger partial charge in [-0.15, -0.1) is 0 Å². The van der Waals surface area contributed by atoms with E-state index in [9.17, 15) is 4.79 Å². The van der Waals surface area contributed by atoms with Gasteiger partial charge < -0.3 is 4.74 Å². The van der Waals surface area contributed by atoms with Crippen molar-refractivity contribution in [3.05, 3.63) is 83.4 Å². The second kappa shape index (κ2) is 4.60. The number of fused-ring (bicyclic) bond motifs is 2. The molecule has 100 valence electrons. The van der Waals surface area contributed by atoms with Crippen LogP contribution < -0.4 is 0 Å². The van der Waals surface area contributed by atoms with E-state index in [1.54, 1.807) is 6.07 Å². The zero-order valence-corrected chi connectivity index (χ0v) is 11.2. The van der Waals surface area contributed by atoms with Crippen molar-refractivity contribution in [3.8, 4) is 0 Å². The molecule has 1 heterocycles. The summed E-state index contributed by atoms with van der Waals surface area (Å²) >= 11 is 0. The van der Waals surface area contributed by atoms with Crippen LogP contribution in [0, 0.1) is 0 Å². The number of carbonyl (C=O) groups is 1. The van der Waals surface area contributed by atoms with E-state index >= 15 is 0 Å². The van der Waals surface area contributed by atoms with E-state index in [2.05, 4.69) is 18.2 Å². The first-order valence-electron chi connectivity index (χ1n) is 6.84. The van der Waals surface area contributed by atoms with Crippen LogP contribution >= 0.6 is 0 Å². The monoisotopic (exact) mass is 272 g/mol. The third-order valence-corrected chi connectivity index (χ3v) is 3.73. The van der Waals surface area contributed by atoms with Crippen LogP contribution in [0.2, 0.25) is 0 Å². The van der Waals surface area contributed by atoms with E-state index in [0.29, 0.717) is 11.3 Å². The van der Waals surface area contributed by atoms with Gasteiger partial charge in [0, 0.05) is 5.56 Å². The molecule has 0 aromatic heterocycles. The van der Waals surface area contributed by atoms with Gasteiger partial charge in [0.15, 0.2) is 0 Å². The van der Waals surface area contributed by atoms with Crippen molar-refractivity contribution in [2.24, 2.45) is 0 Å². The van der Waals surface area contributed by atoms with Crippen molar-refractivity contribution in [3.63, 3.8) is 0 Å². The third-order valence-electron chi connectivity index (χ3n) is 3.73. The van der Waals surface area contributed by atoms with Gasteiger partial charge in [0.05, 0.1) is 5.56 Å². The van der Waals surface area contributed by atoms with Crippen LogP contribution in [-0.2, 0) is 4.74 Å². The molecule has 0 amide bonds. The lowest BCUT2D eigenvalue weighted by Crippen LogP contribution is -1.92. The predicted octanol–water partition coefficient (Wildman–Crippen LogP) is 4.51. The Morgan fingerprint density at radius 1 is 0.762 bits per heavy atom. The number of carbonyl (C=O) groups excluding carboxylic acids is 1. The minimum Gasteiger partial charge on any atom is -0.422 e. The molecule has 2 nitrogen and oxygen atoms in total. The number of ether oxygens (including phenoxy) is 1. The van der Waals surface area contributed by atoms with E-state index in [0.717, 1.165) is 16.5 Å². The van der Waals surface area contributed by atoms with Crippen LogP contribution in [0.15, 0.2) is 66.7 Å². The third kappa shape index (κ3) is 1.93. The predicted molar refractivity (Wildman–Crippen MR) is 83.7 cm³/mol. The molecule has 0 bridgehead atoms. The molecule has 0 atom stereocenters. The average Bonchev–Trinajstić information content (AvgIpc) is 2.85. The number of cyclic esters (lactones) is 1. The Kier molecular flexibility index (Phi) is 2.61. The molecule has 0 saturated carbocycles. The smallest absolute Gasteiger partial charge is 0.344 e. The van der Waals surface area contributed by atoms with E-state index < -0.39 is 0 Å². The highest BCUT2D eigenvalue weighted by Gasteiger charge is 2.25. The molecule has 3 aromatic rings. The fourth-order valence-corrected chi connectivity index (χ4v) is 2.71. The number of hydrogen-bond donors (Lipinski definition) is 0. The molecule has 21 heavy (non-hydrogen) atoms. The fourth-order valence-electron chi connectivity index (χ4n) is 2.71. The van der Waals surface area contributed by atoms with Crippen LogP contribution in [-0.4, -0.2) is 5.97 Å². The van der Waals surface area contributed by atoms with Gasteiger partial charge in [0.2, 0.25) is 0 Å². The first-order valence-corrected chi connectivity index (χ1v) is 6.84. The van der Waals surface area contributed by atoms with Gasteiger partial charge in [-0.3, -0.25) is 0 Å². The van der Waals surface area contributed by atoms with Crippen molar-refractivity contribution in [2.75, 3.05) is 0 Å². The molecule has 4 rings (SSSR count). The first kappa shape index (κ1) is 11.9. The minimum atomic E-state index is -0.280. The summed E-state index contributed by atoms with van der Waals surface area (Å²) in [5.74, 6) is 0.337. The molecule has 0 fully saturated rings. The molecule has 0 aliphatic carbocycles. The standard InChI is InChI=1S/C19H12O2/c20-19-17-11-4-3-10-16(17)18(21-19)12-14-8-5-7-13-6-1-2-9-15(13)14/h1-12H. The van der Waals surface area contributed by atoms with E-state index in [1.807, 2.05) is 48.5 Å². The van der Waals surface area contributed by atoms with Gasteiger partial charge in [-0.05, 0) is 28.5 Å². The maximum Gasteiger partial charge on any atom is 0.344 e. The maximum absolute atomic E-state index is 11.9. The van der Waals surface area contributed by atoms with Crippen molar-refractivity contribution < 1.29 is 9.53 Å². The highest BCUT2D eigenvalue weighted by molar-refractivity contribution is 6.07. The summed E-state index contributed by atoms with van der Waals surface area (Å²) in [7, 11) is 0. The fraction of sp³-hybridized carbons (Fsp3) is 0. The van der Waals surface area contributed by atoms with E-state index in [1.165, 1.54) is 5.39 Å². The SMILES string of the molecule is O=C1OC(=Cc2cccc3ccccc23)c2ccccc21. The number of benzene rings is 3. The average molecular weight is 272 g/mol. The first-order chi connectivity index (χ1) is 10.3. The molecule has 0 spiro atoms. The summed E-state index contributed by atoms with van der Waals surface area (Å²) in [5.41, 5.74) is 2.53. The second-order valence-electron chi connectivity index (χ2n) is 5.01. The van der Waals surface area contributed by atoms with Gasteiger partial charge in [-0.1, -0.05) is 60.7 Å². The summed E-state index contributed by atoms with van der Waals surface area (Å²) in [6, 6.07) is 21.8. The Labute approximate surface area is 122 Å². The Morgan fingerprint density at radius 3 is 2.38 bits per heavy atom. The van der Waals surface area contributed by atoms with Gasteiger partial charge in [0.25, 0.3) is 0 Å². The molecule has 2 heteroatoms. The van der Waals surface area contributed by atoms with Gasteiger partial charge in [-0.2, -0.15) is 0 Å². The molecular formula is C19H12O2. The zero-order valence-electron chi connectivity index (χ0n) is 11.2. The molecule has 3 aromatic carbocycles. The highest BCUT2D eigenvalue weighted by atomic mass is 16.5. The summed E-state index contributed by atoms with van der Waals surface area (Å²) in [6.45, 7) is 0. The van der Waals surface area contributed by atoms with Crippen LogP contribution in [0.4, 0.5) is 0 Å². The summed E-state index contributed by atoms with van der Waals surface area (Å²) in [5, 5.41) is 2.32. The van der Waals surface area contributed by atoms with Crippen molar-refractivity contribution in [1.29, 1.82) is 0 Å². The summed E-state index contributed by atoms with van der Waals surface area (Å²) in [6.07, 6.45) is 1.94. The Bertz CT molecular complexity index is 885. The lowest BCUT2D eigenvalue weighted by molar-refractivity contribution is 0.0717. The van der Waals surface area contributed by atoms with Gasteiger partial charge >= 0.3 is 5.97 Å². The number of rotatable bonds is 1. The number of hydrogen-bond acceptors (Lipinski definition) is 2. The van der Waals surface area contributed by atoms with Crippen LogP contribution in [0.25, 0.3) is 22.6 Å². The molecule has 1 aliphatic rings. The molecule has 1 aliphatic heterocycles. The van der Waals surface area contributed by atoms with Crippen LogP contribution in [0.3, 0.4) is 0 Å². The summed E-state index contributed by atoms with van der Waals surface area (Å²) < 4.78 is 5.41. The Morgan fingerprint density at radius 2 is 1.48 bits per heavy atom. The topological polar surface area (TPSA) is 26.3 Å². The lowest BCUT2D eigenvalue weighted by atomic mass is 10.0. The lowest BCUT2D eigenvalue weighted by Gasteiger charge is -2.03. The maximum atomic E-state index is 11.9.